The van der Waals surface area contributed by atoms with Gasteiger partial charge in [0, 0.05) is 10.6 Å². The Hall–Kier alpha value is -1.00. The highest BCUT2D eigenvalue weighted by Gasteiger charge is 1.93. The molecule has 0 aliphatic heterocycles. The number of hydrogen-bond donors (Lipinski definition) is 1. The molecule has 1 aromatic carbocycles. The summed E-state index contributed by atoms with van der Waals surface area (Å²) in [5.41, 5.74) is 6.27. The minimum atomic E-state index is 0.424. The molecule has 0 unspecified atom stereocenters. The molecule has 2 N–H and O–H groups in total. The summed E-state index contributed by atoms with van der Waals surface area (Å²) in [7, 11) is 0. The molecule has 3 nitrogen and oxygen atoms in total. The van der Waals surface area contributed by atoms with Gasteiger partial charge in [-0.3, -0.25) is 0 Å². The maximum atomic E-state index is 5.90. The van der Waals surface area contributed by atoms with Gasteiger partial charge in [0.25, 0.3) is 0 Å². The van der Waals surface area contributed by atoms with Crippen molar-refractivity contribution in [1.82, 2.24) is 0 Å². The number of amidine groups is 1. The van der Waals surface area contributed by atoms with Crippen molar-refractivity contribution in [1.29, 1.82) is 0 Å². The van der Waals surface area contributed by atoms with Crippen LogP contribution in [0.1, 0.15) is 5.56 Å². The zero-order chi connectivity index (χ0) is 10.4. The van der Waals surface area contributed by atoms with E-state index < -0.39 is 0 Å². The van der Waals surface area contributed by atoms with Crippen molar-refractivity contribution in [3.8, 4) is 0 Å². The van der Waals surface area contributed by atoms with Gasteiger partial charge >= 0.3 is 0 Å². The zero-order valence-corrected chi connectivity index (χ0v) is 9.22. The van der Waals surface area contributed by atoms with Gasteiger partial charge in [-0.2, -0.15) is 5.10 Å². The van der Waals surface area contributed by atoms with Crippen molar-refractivity contribution in [3.63, 3.8) is 0 Å². The molecule has 0 aromatic heterocycles. The van der Waals surface area contributed by atoms with E-state index in [2.05, 4.69) is 10.2 Å². The Morgan fingerprint density at radius 2 is 2.21 bits per heavy atom. The van der Waals surface area contributed by atoms with Gasteiger partial charge in [-0.25, -0.2) is 0 Å². The van der Waals surface area contributed by atoms with Crippen molar-refractivity contribution >= 4 is 34.7 Å². The van der Waals surface area contributed by atoms with Crippen LogP contribution < -0.4 is 5.73 Å². The van der Waals surface area contributed by atoms with Gasteiger partial charge < -0.3 is 5.73 Å². The lowest BCUT2D eigenvalue weighted by Gasteiger charge is -1.94. The number of nitrogens with zero attached hydrogens (tertiary/aromatic N) is 2. The van der Waals surface area contributed by atoms with Crippen molar-refractivity contribution in [2.24, 2.45) is 15.9 Å². The molecule has 0 heterocycles. The van der Waals surface area contributed by atoms with E-state index in [0.29, 0.717) is 10.2 Å². The van der Waals surface area contributed by atoms with Crippen LogP contribution in [0.4, 0.5) is 0 Å². The van der Waals surface area contributed by atoms with E-state index in [4.69, 9.17) is 17.3 Å². The maximum Gasteiger partial charge on any atom is 0.180 e. The molecule has 0 spiro atoms. The summed E-state index contributed by atoms with van der Waals surface area (Å²) in [6.07, 6.45) is 3.41. The first kappa shape index (κ1) is 11.1. The van der Waals surface area contributed by atoms with Crippen molar-refractivity contribution < 1.29 is 0 Å². The third kappa shape index (κ3) is 3.40. The van der Waals surface area contributed by atoms with E-state index in [1.807, 2.05) is 24.5 Å². The summed E-state index contributed by atoms with van der Waals surface area (Å²) in [5, 5.41) is 8.62. The van der Waals surface area contributed by atoms with Crippen molar-refractivity contribution in [2.75, 3.05) is 6.26 Å². The van der Waals surface area contributed by atoms with Crippen LogP contribution in [0, 0.1) is 0 Å². The number of thioether (sulfide) groups is 1. The molecule has 0 amide bonds. The standard InChI is InChI=1S/C9H10ClN3S/c1-14-9(11)13-12-6-7-4-2-3-5-8(7)10/h2-6H,1H3,(H2,11,13)/b12-6-. The molecule has 0 aliphatic carbocycles. The number of rotatable bonds is 2. The minimum absolute atomic E-state index is 0.424. The van der Waals surface area contributed by atoms with Crippen LogP contribution in [0.15, 0.2) is 34.5 Å². The molecular weight excluding hydrogens is 218 g/mol. The van der Waals surface area contributed by atoms with Gasteiger partial charge in [-0.15, -0.1) is 5.10 Å². The van der Waals surface area contributed by atoms with Crippen LogP contribution in [0.25, 0.3) is 0 Å². The first-order valence-electron chi connectivity index (χ1n) is 3.89. The number of benzene rings is 1. The zero-order valence-electron chi connectivity index (χ0n) is 7.64. The van der Waals surface area contributed by atoms with Crippen LogP contribution in [-0.2, 0) is 0 Å². The van der Waals surface area contributed by atoms with E-state index in [1.165, 1.54) is 11.8 Å². The van der Waals surface area contributed by atoms with Gasteiger partial charge in [0.1, 0.15) is 0 Å². The monoisotopic (exact) mass is 227 g/mol. The predicted molar refractivity (Wildman–Crippen MR) is 64.2 cm³/mol. The third-order valence-corrected chi connectivity index (χ3v) is 2.31. The van der Waals surface area contributed by atoms with Gasteiger partial charge in [-0.1, -0.05) is 41.6 Å². The summed E-state index contributed by atoms with van der Waals surface area (Å²) < 4.78 is 0. The second-order valence-corrected chi connectivity index (χ2v) is 3.64. The normalized spacial score (nSPS) is 12.3. The molecule has 1 rings (SSSR count). The lowest BCUT2D eigenvalue weighted by molar-refractivity contribution is 1.25. The topological polar surface area (TPSA) is 50.7 Å². The summed E-state index contributed by atoms with van der Waals surface area (Å²) >= 11 is 7.24. The van der Waals surface area contributed by atoms with Gasteiger partial charge in [0.05, 0.1) is 6.21 Å². The van der Waals surface area contributed by atoms with Crippen molar-refractivity contribution in [2.45, 2.75) is 0 Å². The molecule has 0 atom stereocenters. The maximum absolute atomic E-state index is 5.90. The average Bonchev–Trinajstić information content (AvgIpc) is 2.20. The van der Waals surface area contributed by atoms with Gasteiger partial charge in [-0.05, 0) is 12.3 Å². The first-order valence-corrected chi connectivity index (χ1v) is 5.49. The first-order chi connectivity index (χ1) is 6.74. The summed E-state index contributed by atoms with van der Waals surface area (Å²) in [6, 6.07) is 7.40. The molecule has 0 aliphatic rings. The predicted octanol–water partition coefficient (Wildman–Crippen LogP) is 2.35. The highest BCUT2D eigenvalue weighted by atomic mass is 35.5. The summed E-state index contributed by atoms with van der Waals surface area (Å²) in [6.45, 7) is 0. The smallest absolute Gasteiger partial charge is 0.180 e. The molecule has 0 saturated carbocycles. The Kier molecular flexibility index (Phi) is 4.49. The molecule has 14 heavy (non-hydrogen) atoms. The van der Waals surface area contributed by atoms with Crippen LogP contribution in [0.2, 0.25) is 5.02 Å². The van der Waals surface area contributed by atoms with Crippen LogP contribution in [0.3, 0.4) is 0 Å². The Balaban J connectivity index is 2.74. The number of halogens is 1. The Labute approximate surface area is 92.1 Å². The third-order valence-electron chi connectivity index (χ3n) is 1.47. The molecule has 5 heteroatoms. The van der Waals surface area contributed by atoms with E-state index in [-0.39, 0.29) is 0 Å². The second kappa shape index (κ2) is 5.67. The number of nitrogens with two attached hydrogens (primary N) is 1. The average molecular weight is 228 g/mol. The van der Waals surface area contributed by atoms with Crippen LogP contribution in [0.5, 0.6) is 0 Å². The van der Waals surface area contributed by atoms with Crippen molar-refractivity contribution in [3.05, 3.63) is 34.9 Å². The SMILES string of the molecule is CS/C(N)=N/N=C\c1ccccc1Cl. The largest absolute Gasteiger partial charge is 0.377 e. The minimum Gasteiger partial charge on any atom is -0.377 e. The molecular formula is C9H10ClN3S. The lowest BCUT2D eigenvalue weighted by Crippen LogP contribution is -2.03. The Bertz CT molecular complexity index is 363. The fourth-order valence-electron chi connectivity index (χ4n) is 0.769. The quantitative estimate of drug-likeness (QED) is 0.479. The van der Waals surface area contributed by atoms with Gasteiger partial charge in [0.2, 0.25) is 0 Å². The van der Waals surface area contributed by atoms with Gasteiger partial charge in [0.15, 0.2) is 5.17 Å². The van der Waals surface area contributed by atoms with Crippen LogP contribution >= 0.6 is 23.4 Å². The molecule has 0 radical (unpaired) electrons. The Morgan fingerprint density at radius 1 is 1.50 bits per heavy atom. The summed E-state index contributed by atoms with van der Waals surface area (Å²) in [4.78, 5) is 0. The van der Waals surface area contributed by atoms with E-state index in [0.717, 1.165) is 5.56 Å². The van der Waals surface area contributed by atoms with E-state index in [9.17, 15) is 0 Å². The fraction of sp³-hybridized carbons (Fsp3) is 0.111. The van der Waals surface area contributed by atoms with E-state index >= 15 is 0 Å². The highest BCUT2D eigenvalue weighted by molar-refractivity contribution is 8.13. The highest BCUT2D eigenvalue weighted by Crippen LogP contribution is 2.12. The second-order valence-electron chi connectivity index (χ2n) is 2.41. The number of hydrogen-bond acceptors (Lipinski definition) is 3. The summed E-state index contributed by atoms with van der Waals surface area (Å²) in [5.74, 6) is 0. The fourth-order valence-corrected chi connectivity index (χ4v) is 1.08. The molecule has 74 valence electrons. The molecule has 1 aromatic rings. The van der Waals surface area contributed by atoms with E-state index in [1.54, 1.807) is 12.3 Å². The molecule has 0 saturated heterocycles. The lowest BCUT2D eigenvalue weighted by atomic mass is 10.2. The molecule has 0 bridgehead atoms. The molecule has 0 fully saturated rings. The van der Waals surface area contributed by atoms with Crippen LogP contribution in [-0.4, -0.2) is 17.6 Å². The Morgan fingerprint density at radius 3 is 2.86 bits per heavy atom.